The Bertz CT molecular complexity index is 742. The van der Waals surface area contributed by atoms with Crippen LogP contribution in [0, 0.1) is 6.92 Å². The van der Waals surface area contributed by atoms with E-state index < -0.39 is 0 Å². The Morgan fingerprint density at radius 2 is 1.80 bits per heavy atom. The summed E-state index contributed by atoms with van der Waals surface area (Å²) in [6, 6.07) is 15.1. The molecule has 2 N–H and O–H groups in total. The fourth-order valence-corrected chi connectivity index (χ4v) is 3.81. The molecular formula is C18H19NS. The van der Waals surface area contributed by atoms with Crippen molar-refractivity contribution in [2.24, 2.45) is 5.73 Å². The van der Waals surface area contributed by atoms with Crippen molar-refractivity contribution in [1.29, 1.82) is 0 Å². The molecule has 1 aromatic heterocycles. The van der Waals surface area contributed by atoms with Gasteiger partial charge in [0.05, 0.1) is 6.04 Å². The van der Waals surface area contributed by atoms with Crippen molar-refractivity contribution >= 4 is 22.1 Å². The van der Waals surface area contributed by atoms with Gasteiger partial charge in [-0.3, -0.25) is 0 Å². The van der Waals surface area contributed by atoms with E-state index in [1.54, 1.807) is 11.3 Å². The monoisotopic (exact) mass is 281 g/mol. The van der Waals surface area contributed by atoms with Crippen molar-refractivity contribution in [3.63, 3.8) is 0 Å². The number of benzene rings is 2. The van der Waals surface area contributed by atoms with E-state index in [1.807, 2.05) is 0 Å². The van der Waals surface area contributed by atoms with Crippen LogP contribution in [0.2, 0.25) is 0 Å². The molecule has 0 aliphatic rings. The molecule has 3 aromatic rings. The van der Waals surface area contributed by atoms with Crippen LogP contribution in [0.25, 0.3) is 10.8 Å². The maximum atomic E-state index is 6.56. The van der Waals surface area contributed by atoms with Gasteiger partial charge >= 0.3 is 0 Å². The van der Waals surface area contributed by atoms with Gasteiger partial charge in [-0.15, -0.1) is 11.3 Å². The molecule has 0 saturated carbocycles. The Hall–Kier alpha value is -1.64. The van der Waals surface area contributed by atoms with Crippen LogP contribution >= 0.6 is 11.3 Å². The van der Waals surface area contributed by atoms with Crippen molar-refractivity contribution in [3.8, 4) is 0 Å². The molecule has 0 bridgehead atoms. The van der Waals surface area contributed by atoms with Crippen molar-refractivity contribution in [2.75, 3.05) is 0 Å². The highest BCUT2D eigenvalue weighted by Gasteiger charge is 2.16. The first kappa shape index (κ1) is 13.3. The summed E-state index contributed by atoms with van der Waals surface area (Å²) in [5, 5.41) is 4.72. The van der Waals surface area contributed by atoms with Gasteiger partial charge in [-0.1, -0.05) is 43.3 Å². The highest BCUT2D eigenvalue weighted by molar-refractivity contribution is 7.10. The van der Waals surface area contributed by atoms with Crippen LogP contribution in [0.3, 0.4) is 0 Å². The average molecular weight is 281 g/mol. The Morgan fingerprint density at radius 1 is 1.05 bits per heavy atom. The van der Waals surface area contributed by atoms with Gasteiger partial charge in [0.15, 0.2) is 0 Å². The van der Waals surface area contributed by atoms with Gasteiger partial charge in [0.25, 0.3) is 0 Å². The predicted octanol–water partition coefficient (Wildman–Crippen LogP) is 4.82. The molecule has 2 aromatic carbocycles. The molecule has 0 radical (unpaired) electrons. The number of nitrogens with two attached hydrogens (primary N) is 1. The zero-order valence-electron chi connectivity index (χ0n) is 11.9. The first-order valence-corrected chi connectivity index (χ1v) is 7.90. The summed E-state index contributed by atoms with van der Waals surface area (Å²) < 4.78 is 0. The van der Waals surface area contributed by atoms with Gasteiger partial charge in [-0.05, 0) is 52.3 Å². The molecule has 1 heterocycles. The predicted molar refractivity (Wildman–Crippen MR) is 88.4 cm³/mol. The molecule has 0 spiro atoms. The van der Waals surface area contributed by atoms with E-state index in [1.165, 1.54) is 32.3 Å². The lowest BCUT2D eigenvalue weighted by molar-refractivity contribution is 0.882. The Kier molecular flexibility index (Phi) is 3.60. The van der Waals surface area contributed by atoms with Crippen LogP contribution in [-0.4, -0.2) is 0 Å². The molecule has 0 amide bonds. The fourth-order valence-electron chi connectivity index (χ4n) is 2.80. The largest absolute Gasteiger partial charge is 0.320 e. The highest BCUT2D eigenvalue weighted by Crippen LogP contribution is 2.33. The molecule has 0 aliphatic carbocycles. The smallest absolute Gasteiger partial charge is 0.0654 e. The number of aryl methyl sites for hydroxylation is 2. The van der Waals surface area contributed by atoms with Gasteiger partial charge in [0, 0.05) is 4.88 Å². The Morgan fingerprint density at radius 3 is 2.55 bits per heavy atom. The standard InChI is InChI=1S/C18H19NS/c1-3-13-10-11-20-18(13)17(19)16-9-8-12(2)14-6-4-5-7-15(14)16/h4-11,17H,3,19H2,1-2H3. The van der Waals surface area contributed by atoms with Gasteiger partial charge < -0.3 is 5.73 Å². The van der Waals surface area contributed by atoms with Crippen molar-refractivity contribution in [1.82, 2.24) is 0 Å². The SMILES string of the molecule is CCc1ccsc1C(N)c1ccc(C)c2ccccc12. The average Bonchev–Trinajstić information content (AvgIpc) is 2.96. The third-order valence-electron chi connectivity index (χ3n) is 3.95. The topological polar surface area (TPSA) is 26.0 Å². The second-order valence-corrected chi connectivity index (χ2v) is 6.11. The van der Waals surface area contributed by atoms with E-state index in [0.717, 1.165) is 6.42 Å². The molecule has 0 aliphatic heterocycles. The van der Waals surface area contributed by atoms with E-state index >= 15 is 0 Å². The maximum Gasteiger partial charge on any atom is 0.0654 e. The van der Waals surface area contributed by atoms with Crippen molar-refractivity contribution < 1.29 is 0 Å². The number of thiophene rings is 1. The molecule has 3 rings (SSSR count). The van der Waals surface area contributed by atoms with E-state index in [0.29, 0.717) is 0 Å². The van der Waals surface area contributed by atoms with Gasteiger partial charge in [0.2, 0.25) is 0 Å². The molecule has 1 atom stereocenters. The minimum atomic E-state index is -0.0320. The first-order valence-electron chi connectivity index (χ1n) is 7.02. The van der Waals surface area contributed by atoms with E-state index in [9.17, 15) is 0 Å². The summed E-state index contributed by atoms with van der Waals surface area (Å²) >= 11 is 1.76. The first-order chi connectivity index (χ1) is 9.72. The lowest BCUT2D eigenvalue weighted by Gasteiger charge is -2.16. The second kappa shape index (κ2) is 5.39. The molecule has 1 unspecified atom stereocenters. The molecule has 102 valence electrons. The summed E-state index contributed by atoms with van der Waals surface area (Å²) in [6.07, 6.45) is 1.04. The van der Waals surface area contributed by atoms with Crippen molar-refractivity contribution in [2.45, 2.75) is 26.3 Å². The summed E-state index contributed by atoms with van der Waals surface area (Å²) in [5.41, 5.74) is 10.5. The quantitative estimate of drug-likeness (QED) is 0.731. The maximum absolute atomic E-state index is 6.56. The Balaban J connectivity index is 2.17. The summed E-state index contributed by atoms with van der Waals surface area (Å²) in [6.45, 7) is 4.34. The van der Waals surface area contributed by atoms with E-state index in [4.69, 9.17) is 5.73 Å². The normalized spacial score (nSPS) is 12.8. The molecule has 0 fully saturated rings. The van der Waals surface area contributed by atoms with Gasteiger partial charge in [-0.2, -0.15) is 0 Å². The fraction of sp³-hybridized carbons (Fsp3) is 0.222. The molecule has 20 heavy (non-hydrogen) atoms. The number of hydrogen-bond acceptors (Lipinski definition) is 2. The van der Waals surface area contributed by atoms with Crippen LogP contribution in [0.5, 0.6) is 0 Å². The van der Waals surface area contributed by atoms with E-state index in [2.05, 4.69) is 61.7 Å². The third kappa shape index (κ3) is 2.15. The van der Waals surface area contributed by atoms with Crippen molar-refractivity contribution in [3.05, 3.63) is 69.4 Å². The lowest BCUT2D eigenvalue weighted by atomic mass is 9.94. The van der Waals surface area contributed by atoms with Crippen LogP contribution in [-0.2, 0) is 6.42 Å². The third-order valence-corrected chi connectivity index (χ3v) is 5.00. The molecule has 1 nitrogen and oxygen atoms in total. The van der Waals surface area contributed by atoms with Crippen LogP contribution in [0.4, 0.5) is 0 Å². The minimum Gasteiger partial charge on any atom is -0.320 e. The summed E-state index contributed by atoms with van der Waals surface area (Å²) in [4.78, 5) is 1.29. The molecule has 0 saturated heterocycles. The zero-order valence-corrected chi connectivity index (χ0v) is 12.7. The second-order valence-electron chi connectivity index (χ2n) is 5.16. The minimum absolute atomic E-state index is 0.0320. The van der Waals surface area contributed by atoms with Crippen LogP contribution in [0.1, 0.15) is 34.5 Å². The lowest BCUT2D eigenvalue weighted by Crippen LogP contribution is -2.12. The number of hydrogen-bond donors (Lipinski definition) is 1. The summed E-state index contributed by atoms with van der Waals surface area (Å²) in [7, 11) is 0. The highest BCUT2D eigenvalue weighted by atomic mass is 32.1. The molecular weight excluding hydrogens is 262 g/mol. The summed E-state index contributed by atoms with van der Waals surface area (Å²) in [5.74, 6) is 0. The Labute approximate surface area is 124 Å². The number of fused-ring (bicyclic) bond motifs is 1. The van der Waals surface area contributed by atoms with Crippen LogP contribution < -0.4 is 5.73 Å². The zero-order chi connectivity index (χ0) is 14.1. The number of rotatable bonds is 3. The van der Waals surface area contributed by atoms with Gasteiger partial charge in [-0.25, -0.2) is 0 Å². The van der Waals surface area contributed by atoms with E-state index in [-0.39, 0.29) is 6.04 Å². The van der Waals surface area contributed by atoms with Crippen LogP contribution in [0.15, 0.2) is 47.8 Å². The van der Waals surface area contributed by atoms with Gasteiger partial charge in [0.1, 0.15) is 0 Å². The molecule has 2 heteroatoms.